The predicted molar refractivity (Wildman–Crippen MR) is 83.0 cm³/mol. The third kappa shape index (κ3) is 1.32. The zero-order valence-corrected chi connectivity index (χ0v) is 12.7. The number of likely N-dealkylation sites (N-methyl/N-ethyl adjacent to an activating group) is 1. The second-order valence-corrected chi connectivity index (χ2v) is 6.69. The number of carbonyl (C=O) groups is 1. The molecule has 2 fully saturated rings. The first kappa shape index (κ1) is 9.04. The number of ketones is 1. The third-order valence-electron chi connectivity index (χ3n) is 5.87. The lowest BCUT2D eigenvalue weighted by Crippen LogP contribution is -2.76. The molecule has 2 aliphatic carbocycles. The zero-order valence-electron chi connectivity index (χ0n) is 18.7. The van der Waals surface area contributed by atoms with Crippen LogP contribution in [0.2, 0.25) is 0 Å². The van der Waals surface area contributed by atoms with Crippen LogP contribution in [0.15, 0.2) is 12.1 Å². The molecule has 5 rings (SSSR count). The molecular weight excluding hydrogens is 294 g/mol. The molecule has 5 nitrogen and oxygen atoms in total. The summed E-state index contributed by atoms with van der Waals surface area (Å²) in [4.78, 5) is 14.0. The molecule has 1 spiro atoms. The van der Waals surface area contributed by atoms with Gasteiger partial charge in [-0.15, -0.1) is 0 Å². The molecule has 23 heavy (non-hydrogen) atoms. The van der Waals surface area contributed by atoms with Gasteiger partial charge in [0.15, 0.2) is 23.4 Å². The van der Waals surface area contributed by atoms with E-state index in [1.807, 2.05) is 0 Å². The van der Waals surface area contributed by atoms with Gasteiger partial charge in [-0.2, -0.15) is 0 Å². The van der Waals surface area contributed by atoms with Crippen molar-refractivity contribution in [1.82, 2.24) is 4.90 Å². The number of rotatable bonds is 1. The monoisotopic (exact) mass is 321 g/mol. The summed E-state index contributed by atoms with van der Waals surface area (Å²) in [6.07, 6.45) is -4.77. The fourth-order valence-corrected chi connectivity index (χ4v) is 4.86. The molecule has 2 heterocycles. The number of aliphatic hydroxyl groups is 1. The van der Waals surface area contributed by atoms with Crippen LogP contribution in [0.1, 0.15) is 38.6 Å². The summed E-state index contributed by atoms with van der Waals surface area (Å²) in [5.41, 5.74) is -3.12. The van der Waals surface area contributed by atoms with Gasteiger partial charge in [-0.1, -0.05) is 6.07 Å². The van der Waals surface area contributed by atoms with Crippen molar-refractivity contribution in [1.29, 1.82) is 0 Å². The number of Topliss-reactive ketones (excluding diaryl/α,β-unsaturated/α-hetero) is 1. The fraction of sp³-hybridized carbons (Fsp3) is 0.611. The molecule has 1 aromatic rings. The predicted octanol–water partition coefficient (Wildman–Crippen LogP) is 1.05. The van der Waals surface area contributed by atoms with E-state index in [0.717, 1.165) is 4.90 Å². The second kappa shape index (κ2) is 4.08. The van der Waals surface area contributed by atoms with Crippen molar-refractivity contribution < 1.29 is 27.6 Å². The number of ether oxygens (including phenoxy) is 2. The Bertz CT molecular complexity index is 951. The number of nitrogens with zero attached hydrogens (tertiary/aromatic N) is 1. The molecule has 122 valence electrons. The van der Waals surface area contributed by atoms with E-state index in [9.17, 15) is 9.90 Å². The summed E-state index contributed by atoms with van der Waals surface area (Å²) in [5.74, 6) is -0.157. The molecule has 0 radical (unpaired) electrons. The lowest BCUT2D eigenvalue weighted by atomic mass is 9.49. The largest absolute Gasteiger partial charge is 0.493 e. The first-order valence-corrected chi connectivity index (χ1v) is 7.80. The maximum Gasteiger partial charge on any atom is 0.174 e. The van der Waals surface area contributed by atoms with E-state index in [-0.39, 0.29) is 48.4 Å². The molecule has 4 atom stereocenters. The molecular formula is C18H21NO4. The topological polar surface area (TPSA) is 59.0 Å². The zero-order chi connectivity index (χ0) is 21.2. The first-order chi connectivity index (χ1) is 13.4. The van der Waals surface area contributed by atoms with Crippen molar-refractivity contribution in [3.8, 4) is 11.5 Å². The van der Waals surface area contributed by atoms with Crippen LogP contribution in [0.4, 0.5) is 0 Å². The number of piperidine rings is 1. The molecule has 1 N–H and O–H groups in total. The Morgan fingerprint density at radius 1 is 1.57 bits per heavy atom. The summed E-state index contributed by atoms with van der Waals surface area (Å²) >= 11 is 0. The van der Waals surface area contributed by atoms with Crippen LogP contribution in [-0.2, 0) is 16.6 Å². The van der Waals surface area contributed by atoms with Gasteiger partial charge < -0.3 is 19.5 Å². The van der Waals surface area contributed by atoms with Crippen LogP contribution in [0.25, 0.3) is 0 Å². The molecule has 1 saturated carbocycles. The van der Waals surface area contributed by atoms with Crippen LogP contribution in [0, 0.1) is 0 Å². The standard InChI is InChI=1S/C18H21NO4/c1-19-8-7-17-14-10-3-4-12(22-2)15(14)23-16(17)11(20)5-6-18(17,21)13(19)9-10/h3-4,13,16,21H,5-9H2,1-2H3/t13-,16?,17+,18-/m1/s1/i1D3,9D2,16D. The van der Waals surface area contributed by atoms with Gasteiger partial charge in [0.05, 0.1) is 19.5 Å². The van der Waals surface area contributed by atoms with Crippen molar-refractivity contribution in [2.75, 3.05) is 20.6 Å². The van der Waals surface area contributed by atoms with Crippen molar-refractivity contribution in [3.63, 3.8) is 0 Å². The van der Waals surface area contributed by atoms with Crippen LogP contribution < -0.4 is 9.47 Å². The van der Waals surface area contributed by atoms with Crippen LogP contribution in [0.5, 0.6) is 11.5 Å². The van der Waals surface area contributed by atoms with Gasteiger partial charge in [-0.25, -0.2) is 0 Å². The van der Waals surface area contributed by atoms with E-state index in [1.165, 1.54) is 19.2 Å². The second-order valence-electron chi connectivity index (χ2n) is 6.69. The number of benzene rings is 1. The molecule has 2 bridgehead atoms. The molecule has 1 aromatic carbocycles. The lowest BCUT2D eigenvalue weighted by molar-refractivity contribution is -0.185. The average molecular weight is 321 g/mol. The van der Waals surface area contributed by atoms with Gasteiger partial charge in [-0.3, -0.25) is 4.79 Å². The van der Waals surface area contributed by atoms with Crippen molar-refractivity contribution in [2.24, 2.45) is 0 Å². The Morgan fingerprint density at radius 2 is 2.43 bits per heavy atom. The van der Waals surface area contributed by atoms with E-state index < -0.39 is 42.3 Å². The summed E-state index contributed by atoms with van der Waals surface area (Å²) < 4.78 is 61.8. The van der Waals surface area contributed by atoms with Gasteiger partial charge in [0.1, 0.15) is 0 Å². The molecule has 1 saturated heterocycles. The molecule has 2 aliphatic heterocycles. The fourth-order valence-electron chi connectivity index (χ4n) is 4.86. The Labute approximate surface area is 143 Å². The van der Waals surface area contributed by atoms with Gasteiger partial charge >= 0.3 is 0 Å². The maximum absolute atomic E-state index is 12.9. The van der Waals surface area contributed by atoms with Crippen molar-refractivity contribution in [3.05, 3.63) is 23.3 Å². The minimum Gasteiger partial charge on any atom is -0.493 e. The highest BCUT2D eigenvalue weighted by Crippen LogP contribution is 2.64. The van der Waals surface area contributed by atoms with E-state index >= 15 is 0 Å². The molecule has 5 heteroatoms. The van der Waals surface area contributed by atoms with E-state index in [1.54, 1.807) is 0 Å². The Balaban J connectivity index is 1.92. The Hall–Kier alpha value is -1.59. The number of methoxy groups -OCH3 is 1. The molecule has 0 amide bonds. The smallest absolute Gasteiger partial charge is 0.174 e. The van der Waals surface area contributed by atoms with Gasteiger partial charge in [0.2, 0.25) is 0 Å². The molecule has 4 aliphatic rings. The van der Waals surface area contributed by atoms with Crippen LogP contribution in [-0.4, -0.2) is 54.1 Å². The van der Waals surface area contributed by atoms with Crippen molar-refractivity contribution in [2.45, 2.75) is 48.8 Å². The van der Waals surface area contributed by atoms with E-state index in [2.05, 4.69) is 0 Å². The number of hydrogen-bond acceptors (Lipinski definition) is 5. The Morgan fingerprint density at radius 3 is 3.22 bits per heavy atom. The SMILES string of the molecule is [2H]C1([2H])c2ccc(OC)c3c2[C@]24CCN(C([2H])([2H])[2H])[C@H]1[C@]2(O)CCC(=O)C4([2H])O3. The molecule has 1 unspecified atom stereocenters. The first-order valence-electron chi connectivity index (χ1n) is 10.8. The Kier molecular flexibility index (Phi) is 1.60. The summed E-state index contributed by atoms with van der Waals surface area (Å²) in [6, 6.07) is 1.53. The van der Waals surface area contributed by atoms with Crippen LogP contribution >= 0.6 is 0 Å². The van der Waals surface area contributed by atoms with E-state index in [0.29, 0.717) is 0 Å². The minimum atomic E-state index is -2.65. The lowest BCUT2D eigenvalue weighted by Gasteiger charge is -2.62. The highest BCUT2D eigenvalue weighted by molar-refractivity contribution is 5.90. The highest BCUT2D eigenvalue weighted by Gasteiger charge is 2.72. The maximum atomic E-state index is 12.9. The number of hydrogen-bond donors (Lipinski definition) is 1. The van der Waals surface area contributed by atoms with Crippen molar-refractivity contribution >= 4 is 5.78 Å². The third-order valence-corrected chi connectivity index (χ3v) is 5.87. The molecule has 0 aromatic heterocycles. The summed E-state index contributed by atoms with van der Waals surface area (Å²) in [7, 11) is 1.41. The quantitative estimate of drug-likeness (QED) is 0.838. The van der Waals surface area contributed by atoms with E-state index in [4.69, 9.17) is 17.7 Å². The van der Waals surface area contributed by atoms with Gasteiger partial charge in [-0.05, 0) is 44.4 Å². The average Bonchev–Trinajstić information content (AvgIpc) is 2.90. The minimum absolute atomic E-state index is 0.0170. The van der Waals surface area contributed by atoms with Crippen LogP contribution in [0.3, 0.4) is 0 Å². The summed E-state index contributed by atoms with van der Waals surface area (Å²) in [5, 5.41) is 12.0. The normalized spacial score (nSPS) is 50.3. The van der Waals surface area contributed by atoms with Gasteiger partial charge in [0.25, 0.3) is 0 Å². The van der Waals surface area contributed by atoms with Gasteiger partial charge in [0, 0.05) is 24.9 Å². The highest BCUT2D eigenvalue weighted by atomic mass is 16.5. The number of carbonyl (C=O) groups excluding carboxylic acids is 1. The summed E-state index contributed by atoms with van der Waals surface area (Å²) in [6.45, 7) is -2.75. The number of likely N-dealkylation sites (tertiary alicyclic amines) is 1.